The van der Waals surface area contributed by atoms with Gasteiger partial charge in [-0.05, 0) is 50.2 Å². The van der Waals surface area contributed by atoms with Crippen molar-refractivity contribution in [2.24, 2.45) is 0 Å². The molecular weight excluding hydrogens is 454 g/mol. The lowest BCUT2D eigenvalue weighted by atomic mass is 9.95. The number of fused-ring (bicyclic) bond motifs is 3. The molecule has 0 spiro atoms. The van der Waals surface area contributed by atoms with Gasteiger partial charge in [0.1, 0.15) is 0 Å². The Hall–Kier alpha value is -4.21. The fourth-order valence-electron chi connectivity index (χ4n) is 4.62. The third-order valence-electron chi connectivity index (χ3n) is 6.07. The maximum absolute atomic E-state index is 13.5. The Morgan fingerprint density at radius 3 is 2.40 bits per heavy atom. The molecule has 3 amide bonds. The molecule has 4 rings (SSSR count). The van der Waals surface area contributed by atoms with Crippen molar-refractivity contribution in [3.63, 3.8) is 0 Å². The lowest BCUT2D eigenvalue weighted by Crippen LogP contribution is -2.70. The van der Waals surface area contributed by atoms with Gasteiger partial charge < -0.3 is 19.7 Å². The SMILES string of the molecule is COC(=O)c1ccc(NC(=O)COC(=O)C23CCC(=O)N2c2ccccc2C(=O)N3C(C)C)cc1. The minimum absolute atomic E-state index is 0.0542. The summed E-state index contributed by atoms with van der Waals surface area (Å²) in [5.41, 5.74) is -0.283. The predicted octanol–water partition coefficient (Wildman–Crippen LogP) is 2.34. The Labute approximate surface area is 201 Å². The second-order valence-corrected chi connectivity index (χ2v) is 8.53. The van der Waals surface area contributed by atoms with Gasteiger partial charge in [-0.3, -0.25) is 19.3 Å². The van der Waals surface area contributed by atoms with Crippen LogP contribution in [0, 0.1) is 0 Å². The van der Waals surface area contributed by atoms with Crippen molar-refractivity contribution in [1.29, 1.82) is 0 Å². The van der Waals surface area contributed by atoms with Crippen LogP contribution in [-0.2, 0) is 23.9 Å². The molecule has 1 saturated heterocycles. The van der Waals surface area contributed by atoms with Gasteiger partial charge in [-0.1, -0.05) is 12.1 Å². The summed E-state index contributed by atoms with van der Waals surface area (Å²) in [5.74, 6) is -2.66. The third kappa shape index (κ3) is 4.01. The number of hydrogen-bond donors (Lipinski definition) is 1. The zero-order valence-corrected chi connectivity index (χ0v) is 19.6. The molecule has 2 aromatic carbocycles. The second-order valence-electron chi connectivity index (χ2n) is 8.53. The van der Waals surface area contributed by atoms with Gasteiger partial charge in [-0.15, -0.1) is 0 Å². The summed E-state index contributed by atoms with van der Waals surface area (Å²) in [7, 11) is 1.27. The van der Waals surface area contributed by atoms with E-state index >= 15 is 0 Å². The molecule has 1 unspecified atom stereocenters. The number of methoxy groups -OCH3 is 1. The van der Waals surface area contributed by atoms with Gasteiger partial charge >= 0.3 is 11.9 Å². The fraction of sp³-hybridized carbons (Fsp3) is 0.320. The number of rotatable bonds is 6. The van der Waals surface area contributed by atoms with Crippen LogP contribution in [0.5, 0.6) is 0 Å². The van der Waals surface area contributed by atoms with Crippen molar-refractivity contribution in [2.45, 2.75) is 38.4 Å². The number of hydrogen-bond acceptors (Lipinski definition) is 7. The number of carbonyl (C=O) groups is 5. The number of nitrogens with one attached hydrogen (secondary N) is 1. The van der Waals surface area contributed by atoms with Crippen LogP contribution in [0.1, 0.15) is 47.4 Å². The highest BCUT2D eigenvalue weighted by atomic mass is 16.5. The van der Waals surface area contributed by atoms with Gasteiger partial charge in [-0.2, -0.15) is 0 Å². The van der Waals surface area contributed by atoms with Gasteiger partial charge in [0.05, 0.1) is 23.9 Å². The molecule has 0 aliphatic carbocycles. The van der Waals surface area contributed by atoms with Crippen LogP contribution in [0.15, 0.2) is 48.5 Å². The molecule has 1 fully saturated rings. The Kier molecular flexibility index (Phi) is 6.29. The van der Waals surface area contributed by atoms with Gasteiger partial charge in [-0.25, -0.2) is 9.59 Å². The van der Waals surface area contributed by atoms with E-state index in [0.717, 1.165) is 0 Å². The molecule has 2 aromatic rings. The predicted molar refractivity (Wildman–Crippen MR) is 125 cm³/mol. The lowest BCUT2D eigenvalue weighted by molar-refractivity contribution is -0.160. The number of carbonyl (C=O) groups excluding carboxylic acids is 5. The summed E-state index contributed by atoms with van der Waals surface area (Å²) < 4.78 is 10.0. The number of nitrogens with zero attached hydrogens (tertiary/aromatic N) is 2. The average Bonchev–Trinajstić information content (AvgIpc) is 3.20. The molecule has 0 aromatic heterocycles. The monoisotopic (exact) mass is 479 g/mol. The molecule has 2 aliphatic heterocycles. The van der Waals surface area contributed by atoms with Crippen LogP contribution in [0.2, 0.25) is 0 Å². The molecule has 0 radical (unpaired) electrons. The first-order valence-corrected chi connectivity index (χ1v) is 11.1. The molecule has 35 heavy (non-hydrogen) atoms. The topological polar surface area (TPSA) is 122 Å². The normalized spacial score (nSPS) is 18.7. The molecule has 1 atom stereocenters. The minimum atomic E-state index is -1.67. The van der Waals surface area contributed by atoms with E-state index in [4.69, 9.17) is 4.74 Å². The Bertz CT molecular complexity index is 1210. The fourth-order valence-corrected chi connectivity index (χ4v) is 4.62. The van der Waals surface area contributed by atoms with E-state index in [0.29, 0.717) is 22.5 Å². The van der Waals surface area contributed by atoms with Crippen molar-refractivity contribution in [2.75, 3.05) is 23.9 Å². The van der Waals surface area contributed by atoms with Crippen LogP contribution < -0.4 is 10.2 Å². The molecule has 2 heterocycles. The van der Waals surface area contributed by atoms with Crippen LogP contribution >= 0.6 is 0 Å². The van der Waals surface area contributed by atoms with E-state index in [2.05, 4.69) is 10.1 Å². The van der Waals surface area contributed by atoms with Gasteiger partial charge in [0.2, 0.25) is 11.6 Å². The van der Waals surface area contributed by atoms with Gasteiger partial charge in [0.25, 0.3) is 11.8 Å². The summed E-state index contributed by atoms with van der Waals surface area (Å²) in [4.78, 5) is 66.4. The summed E-state index contributed by atoms with van der Waals surface area (Å²) >= 11 is 0. The highest BCUT2D eigenvalue weighted by Crippen LogP contribution is 2.45. The maximum atomic E-state index is 13.5. The Morgan fingerprint density at radius 1 is 1.06 bits per heavy atom. The smallest absolute Gasteiger partial charge is 0.354 e. The first kappa shape index (κ1) is 23.9. The first-order chi connectivity index (χ1) is 16.7. The van der Waals surface area contributed by atoms with Gasteiger partial charge in [0.15, 0.2) is 6.61 Å². The average molecular weight is 479 g/mol. The van der Waals surface area contributed by atoms with Crippen molar-refractivity contribution in [3.8, 4) is 0 Å². The number of ether oxygens (including phenoxy) is 2. The van der Waals surface area contributed by atoms with Crippen molar-refractivity contribution < 1.29 is 33.4 Å². The van der Waals surface area contributed by atoms with Crippen molar-refractivity contribution >= 4 is 41.0 Å². The molecule has 0 saturated carbocycles. The molecule has 2 aliphatic rings. The summed E-state index contributed by atoms with van der Waals surface area (Å²) in [6, 6.07) is 12.2. The number of benzene rings is 2. The third-order valence-corrected chi connectivity index (χ3v) is 6.07. The number of para-hydroxylation sites is 1. The largest absolute Gasteiger partial charge is 0.465 e. The van der Waals surface area contributed by atoms with Gasteiger partial charge in [0, 0.05) is 24.6 Å². The van der Waals surface area contributed by atoms with E-state index in [9.17, 15) is 24.0 Å². The van der Waals surface area contributed by atoms with E-state index in [-0.39, 0.29) is 24.7 Å². The lowest BCUT2D eigenvalue weighted by Gasteiger charge is -2.50. The minimum Gasteiger partial charge on any atom is -0.465 e. The molecular formula is C25H25N3O7. The van der Waals surface area contributed by atoms with Crippen LogP contribution in [-0.4, -0.2) is 60.0 Å². The summed E-state index contributed by atoms with van der Waals surface area (Å²) in [5, 5.41) is 2.58. The highest BCUT2D eigenvalue weighted by Gasteiger charge is 2.62. The van der Waals surface area contributed by atoms with Crippen LogP contribution in [0.25, 0.3) is 0 Å². The standard InChI is InChI=1S/C25H25N3O7/c1-15(2)27-22(31)18-6-4-5-7-19(18)28-21(30)12-13-25(27,28)24(33)35-14-20(29)26-17-10-8-16(9-11-17)23(32)34-3/h4-11,15H,12-14H2,1-3H3,(H,26,29). The molecule has 0 bridgehead atoms. The zero-order chi connectivity index (χ0) is 25.3. The molecule has 10 heteroatoms. The van der Waals surface area contributed by atoms with E-state index in [1.807, 2.05) is 0 Å². The van der Waals surface area contributed by atoms with Crippen molar-refractivity contribution in [1.82, 2.24) is 4.90 Å². The summed E-state index contributed by atoms with van der Waals surface area (Å²) in [6.07, 6.45) is 0.109. The van der Waals surface area contributed by atoms with Crippen molar-refractivity contribution in [3.05, 3.63) is 59.7 Å². The first-order valence-electron chi connectivity index (χ1n) is 11.1. The molecule has 10 nitrogen and oxygen atoms in total. The number of anilines is 2. The highest BCUT2D eigenvalue weighted by molar-refractivity contribution is 6.15. The van der Waals surface area contributed by atoms with Crippen LogP contribution in [0.3, 0.4) is 0 Å². The Balaban J connectivity index is 1.54. The number of amides is 3. The van der Waals surface area contributed by atoms with E-state index < -0.39 is 36.2 Å². The quantitative estimate of drug-likeness (QED) is 0.631. The Morgan fingerprint density at radius 2 is 1.74 bits per heavy atom. The molecule has 182 valence electrons. The van der Waals surface area contributed by atoms with Crippen LogP contribution in [0.4, 0.5) is 11.4 Å². The second kappa shape index (κ2) is 9.21. The molecule has 1 N–H and O–H groups in total. The summed E-state index contributed by atoms with van der Waals surface area (Å²) in [6.45, 7) is 2.89. The zero-order valence-electron chi connectivity index (χ0n) is 19.6. The number of esters is 2. The maximum Gasteiger partial charge on any atom is 0.354 e. The van der Waals surface area contributed by atoms with E-state index in [1.54, 1.807) is 38.1 Å². The van der Waals surface area contributed by atoms with E-state index in [1.165, 1.54) is 41.2 Å².